The van der Waals surface area contributed by atoms with Gasteiger partial charge in [-0.2, -0.15) is 8.78 Å². The van der Waals surface area contributed by atoms with Gasteiger partial charge in [-0.05, 0) is 12.8 Å². The molecule has 0 aromatic carbocycles. The average Bonchev–Trinajstić information content (AvgIpc) is 1.95. The molecule has 0 amide bonds. The summed E-state index contributed by atoms with van der Waals surface area (Å²) >= 11 is 0. The SMILES string of the molecule is O=C(O)CCCCCOC(F)F. The normalized spacial score (nSPS) is 10.6. The lowest BCUT2D eigenvalue weighted by Crippen LogP contribution is -2.01. The zero-order valence-electron chi connectivity index (χ0n) is 6.63. The monoisotopic (exact) mass is 182 g/mol. The maximum Gasteiger partial charge on any atom is 0.345 e. The number of unbranched alkanes of at least 4 members (excludes halogenated alkanes) is 2. The van der Waals surface area contributed by atoms with Crippen LogP contribution in [0.5, 0.6) is 0 Å². The van der Waals surface area contributed by atoms with Crippen molar-refractivity contribution in [2.24, 2.45) is 0 Å². The third-order valence-electron chi connectivity index (χ3n) is 1.28. The van der Waals surface area contributed by atoms with E-state index < -0.39 is 12.6 Å². The van der Waals surface area contributed by atoms with Crippen LogP contribution in [-0.4, -0.2) is 24.3 Å². The molecule has 0 atom stereocenters. The summed E-state index contributed by atoms with van der Waals surface area (Å²) in [5, 5.41) is 8.21. The first-order chi connectivity index (χ1) is 5.63. The van der Waals surface area contributed by atoms with E-state index >= 15 is 0 Å². The number of alkyl halides is 2. The van der Waals surface area contributed by atoms with E-state index in [1.807, 2.05) is 0 Å². The lowest BCUT2D eigenvalue weighted by Gasteiger charge is -2.00. The standard InChI is InChI=1S/C7H12F2O3/c8-7(9)12-5-3-1-2-4-6(10)11/h7H,1-5H2,(H,10,11). The molecule has 1 N–H and O–H groups in total. The zero-order chi connectivity index (χ0) is 9.40. The first-order valence-electron chi connectivity index (χ1n) is 3.74. The van der Waals surface area contributed by atoms with E-state index in [0.717, 1.165) is 0 Å². The van der Waals surface area contributed by atoms with Crippen LogP contribution in [0, 0.1) is 0 Å². The second kappa shape index (κ2) is 6.97. The molecule has 0 saturated carbocycles. The third-order valence-corrected chi connectivity index (χ3v) is 1.28. The van der Waals surface area contributed by atoms with Gasteiger partial charge in [-0.15, -0.1) is 0 Å². The van der Waals surface area contributed by atoms with E-state index in [4.69, 9.17) is 5.11 Å². The van der Waals surface area contributed by atoms with E-state index in [2.05, 4.69) is 4.74 Å². The third kappa shape index (κ3) is 9.29. The van der Waals surface area contributed by atoms with Crippen LogP contribution in [0.3, 0.4) is 0 Å². The Morgan fingerprint density at radius 1 is 1.33 bits per heavy atom. The number of rotatable bonds is 7. The number of carboxylic acid groups (broad SMARTS) is 1. The van der Waals surface area contributed by atoms with Crippen molar-refractivity contribution in [3.63, 3.8) is 0 Å². The Labute approximate surface area is 69.3 Å². The van der Waals surface area contributed by atoms with Gasteiger partial charge in [-0.1, -0.05) is 6.42 Å². The Hall–Kier alpha value is -0.710. The Morgan fingerprint density at radius 2 is 2.00 bits per heavy atom. The molecular formula is C7H12F2O3. The van der Waals surface area contributed by atoms with Gasteiger partial charge in [0.05, 0.1) is 6.61 Å². The van der Waals surface area contributed by atoms with Crippen LogP contribution < -0.4 is 0 Å². The molecule has 0 aliphatic rings. The number of hydrogen-bond donors (Lipinski definition) is 1. The van der Waals surface area contributed by atoms with Crippen LogP contribution in [-0.2, 0) is 9.53 Å². The van der Waals surface area contributed by atoms with Gasteiger partial charge in [0.15, 0.2) is 0 Å². The fraction of sp³-hybridized carbons (Fsp3) is 0.857. The fourth-order valence-electron chi connectivity index (χ4n) is 0.727. The fourth-order valence-corrected chi connectivity index (χ4v) is 0.727. The molecule has 0 aromatic heterocycles. The highest BCUT2D eigenvalue weighted by Gasteiger charge is 2.00. The molecule has 0 unspecified atom stereocenters. The van der Waals surface area contributed by atoms with Crippen molar-refractivity contribution in [3.05, 3.63) is 0 Å². The van der Waals surface area contributed by atoms with Crippen LogP contribution >= 0.6 is 0 Å². The van der Waals surface area contributed by atoms with Crippen molar-refractivity contribution in [1.82, 2.24) is 0 Å². The topological polar surface area (TPSA) is 46.5 Å². The largest absolute Gasteiger partial charge is 0.481 e. The summed E-state index contributed by atoms with van der Waals surface area (Å²) < 4.78 is 26.7. The summed E-state index contributed by atoms with van der Waals surface area (Å²) in [6, 6.07) is 0. The number of ether oxygens (including phenoxy) is 1. The maximum absolute atomic E-state index is 11.4. The molecular weight excluding hydrogens is 170 g/mol. The van der Waals surface area contributed by atoms with Gasteiger partial charge in [0, 0.05) is 6.42 Å². The molecule has 0 heterocycles. The highest BCUT2D eigenvalue weighted by Crippen LogP contribution is 2.02. The predicted molar refractivity (Wildman–Crippen MR) is 38.1 cm³/mol. The molecule has 0 aliphatic heterocycles. The van der Waals surface area contributed by atoms with Gasteiger partial charge >= 0.3 is 12.6 Å². The van der Waals surface area contributed by atoms with Gasteiger partial charge in [-0.3, -0.25) is 4.79 Å². The van der Waals surface area contributed by atoms with Gasteiger partial charge in [0.1, 0.15) is 0 Å². The van der Waals surface area contributed by atoms with Crippen molar-refractivity contribution in [1.29, 1.82) is 0 Å². The van der Waals surface area contributed by atoms with Crippen LogP contribution in [0.4, 0.5) is 8.78 Å². The molecule has 0 rings (SSSR count). The lowest BCUT2D eigenvalue weighted by atomic mass is 10.2. The van der Waals surface area contributed by atoms with Gasteiger partial charge < -0.3 is 9.84 Å². The highest BCUT2D eigenvalue weighted by atomic mass is 19.3. The highest BCUT2D eigenvalue weighted by molar-refractivity contribution is 5.66. The number of aliphatic carboxylic acids is 1. The van der Waals surface area contributed by atoms with Crippen LogP contribution in [0.1, 0.15) is 25.7 Å². The van der Waals surface area contributed by atoms with E-state index in [1.165, 1.54) is 0 Å². The minimum Gasteiger partial charge on any atom is -0.481 e. The Morgan fingerprint density at radius 3 is 2.50 bits per heavy atom. The van der Waals surface area contributed by atoms with Crippen LogP contribution in [0.25, 0.3) is 0 Å². The van der Waals surface area contributed by atoms with E-state index in [0.29, 0.717) is 19.3 Å². The van der Waals surface area contributed by atoms with Gasteiger partial charge in [-0.25, -0.2) is 0 Å². The van der Waals surface area contributed by atoms with Crippen LogP contribution in [0.2, 0.25) is 0 Å². The summed E-state index contributed by atoms with van der Waals surface area (Å²) in [5.41, 5.74) is 0. The second-order valence-corrected chi connectivity index (χ2v) is 2.34. The molecule has 72 valence electrons. The zero-order valence-corrected chi connectivity index (χ0v) is 6.63. The lowest BCUT2D eigenvalue weighted by molar-refractivity contribution is -0.137. The van der Waals surface area contributed by atoms with Crippen molar-refractivity contribution >= 4 is 5.97 Å². The summed E-state index contributed by atoms with van der Waals surface area (Å²) in [7, 11) is 0. The van der Waals surface area contributed by atoms with E-state index in [-0.39, 0.29) is 13.0 Å². The summed E-state index contributed by atoms with van der Waals surface area (Å²) in [6.45, 7) is -2.72. The van der Waals surface area contributed by atoms with Crippen molar-refractivity contribution in [2.75, 3.05) is 6.61 Å². The number of halogens is 2. The first-order valence-corrected chi connectivity index (χ1v) is 3.74. The second-order valence-electron chi connectivity index (χ2n) is 2.34. The smallest absolute Gasteiger partial charge is 0.345 e. The van der Waals surface area contributed by atoms with Crippen molar-refractivity contribution in [3.8, 4) is 0 Å². The molecule has 0 radical (unpaired) electrons. The first kappa shape index (κ1) is 11.3. The van der Waals surface area contributed by atoms with Crippen LogP contribution in [0.15, 0.2) is 0 Å². The Balaban J connectivity index is 2.96. The maximum atomic E-state index is 11.4. The van der Waals surface area contributed by atoms with Gasteiger partial charge in [0.2, 0.25) is 0 Å². The Bertz CT molecular complexity index is 128. The quantitative estimate of drug-likeness (QED) is 0.611. The molecule has 0 aromatic rings. The molecule has 12 heavy (non-hydrogen) atoms. The number of carbonyl (C=O) groups is 1. The van der Waals surface area contributed by atoms with Crippen molar-refractivity contribution < 1.29 is 23.4 Å². The predicted octanol–water partition coefficient (Wildman–Crippen LogP) is 1.87. The molecule has 0 saturated heterocycles. The summed E-state index contributed by atoms with van der Waals surface area (Å²) in [6.07, 6.45) is 1.70. The van der Waals surface area contributed by atoms with E-state index in [9.17, 15) is 13.6 Å². The minimum atomic E-state index is -2.72. The number of hydrogen-bond acceptors (Lipinski definition) is 2. The molecule has 3 nitrogen and oxygen atoms in total. The number of carboxylic acids is 1. The molecule has 0 spiro atoms. The van der Waals surface area contributed by atoms with Crippen molar-refractivity contribution in [2.45, 2.75) is 32.3 Å². The van der Waals surface area contributed by atoms with Gasteiger partial charge in [0.25, 0.3) is 0 Å². The minimum absolute atomic E-state index is 0.00269. The van der Waals surface area contributed by atoms with E-state index in [1.54, 1.807) is 0 Å². The molecule has 0 fully saturated rings. The summed E-state index contributed by atoms with van der Waals surface area (Å²) in [4.78, 5) is 9.99. The molecule has 5 heteroatoms. The average molecular weight is 182 g/mol. The summed E-state index contributed by atoms with van der Waals surface area (Å²) in [5.74, 6) is -0.857. The molecule has 0 aliphatic carbocycles. The Kier molecular flexibility index (Phi) is 6.55. The molecule has 0 bridgehead atoms.